The summed E-state index contributed by atoms with van der Waals surface area (Å²) in [4.78, 5) is 16.7. The lowest BCUT2D eigenvalue weighted by Gasteiger charge is -2.05. The van der Waals surface area contributed by atoms with Crippen molar-refractivity contribution < 1.29 is 4.79 Å². The number of hydrogen-bond acceptors (Lipinski definition) is 3. The first-order chi connectivity index (χ1) is 8.16. The number of aromatic nitrogens is 1. The number of carbonyl (C=O) groups is 1. The van der Waals surface area contributed by atoms with Gasteiger partial charge in [0.05, 0.1) is 20.9 Å². The summed E-state index contributed by atoms with van der Waals surface area (Å²) in [6.45, 7) is 2.44. The minimum atomic E-state index is -0.0641. The van der Waals surface area contributed by atoms with Crippen LogP contribution in [0.5, 0.6) is 0 Å². The maximum absolute atomic E-state index is 11.8. The molecule has 0 aromatic carbocycles. The predicted octanol–water partition coefficient (Wildman–Crippen LogP) is 3.14. The summed E-state index contributed by atoms with van der Waals surface area (Å²) in [5.74, 6) is -0.0641. The number of aryl methyl sites for hydroxylation is 1. The van der Waals surface area contributed by atoms with E-state index in [9.17, 15) is 4.79 Å². The van der Waals surface area contributed by atoms with Crippen molar-refractivity contribution in [1.29, 1.82) is 0 Å². The molecule has 0 aliphatic heterocycles. The lowest BCUT2D eigenvalue weighted by Crippen LogP contribution is -2.22. The number of pyridine rings is 1. The molecule has 2 aromatic heterocycles. The molecule has 3 nitrogen and oxygen atoms in total. The molecule has 0 aliphatic carbocycles. The van der Waals surface area contributed by atoms with Crippen LogP contribution < -0.4 is 5.32 Å². The zero-order chi connectivity index (χ0) is 12.3. The SMILES string of the molecule is Cc1cccnc1CNC(=O)c1ccc(Br)s1. The second-order valence-corrected chi connectivity index (χ2v) is 6.02. The van der Waals surface area contributed by atoms with E-state index in [0.717, 1.165) is 15.0 Å². The molecule has 2 rings (SSSR count). The van der Waals surface area contributed by atoms with E-state index in [4.69, 9.17) is 0 Å². The summed E-state index contributed by atoms with van der Waals surface area (Å²) in [6, 6.07) is 7.54. The zero-order valence-electron chi connectivity index (χ0n) is 9.24. The first-order valence-electron chi connectivity index (χ1n) is 5.11. The molecule has 0 unspecified atom stereocenters. The normalized spacial score (nSPS) is 10.2. The van der Waals surface area contributed by atoms with E-state index in [2.05, 4.69) is 26.2 Å². The van der Waals surface area contributed by atoms with E-state index >= 15 is 0 Å². The number of halogens is 1. The standard InChI is InChI=1S/C12H11BrN2OS/c1-8-3-2-6-14-9(8)7-15-12(16)10-4-5-11(13)17-10/h2-6H,7H2,1H3,(H,15,16). The van der Waals surface area contributed by atoms with Gasteiger partial charge >= 0.3 is 0 Å². The van der Waals surface area contributed by atoms with Gasteiger partial charge in [-0.1, -0.05) is 6.07 Å². The Morgan fingerprint density at radius 1 is 1.47 bits per heavy atom. The molecule has 0 radical (unpaired) electrons. The van der Waals surface area contributed by atoms with Crippen LogP contribution in [0.25, 0.3) is 0 Å². The Hall–Kier alpha value is -1.20. The minimum Gasteiger partial charge on any atom is -0.346 e. The first kappa shape index (κ1) is 12.3. The van der Waals surface area contributed by atoms with Crippen LogP contribution in [0.1, 0.15) is 20.9 Å². The summed E-state index contributed by atoms with van der Waals surface area (Å²) >= 11 is 4.75. The highest BCUT2D eigenvalue weighted by atomic mass is 79.9. The minimum absolute atomic E-state index is 0.0641. The molecule has 0 aliphatic rings. The van der Waals surface area contributed by atoms with E-state index in [0.29, 0.717) is 11.4 Å². The highest BCUT2D eigenvalue weighted by Gasteiger charge is 2.08. The van der Waals surface area contributed by atoms with Crippen molar-refractivity contribution in [1.82, 2.24) is 10.3 Å². The third-order valence-electron chi connectivity index (χ3n) is 2.33. The molecule has 1 amide bonds. The van der Waals surface area contributed by atoms with E-state index in [1.165, 1.54) is 11.3 Å². The van der Waals surface area contributed by atoms with Crippen molar-refractivity contribution in [2.45, 2.75) is 13.5 Å². The van der Waals surface area contributed by atoms with E-state index in [1.54, 1.807) is 12.3 Å². The van der Waals surface area contributed by atoms with Crippen LogP contribution in [-0.4, -0.2) is 10.9 Å². The van der Waals surface area contributed by atoms with Crippen molar-refractivity contribution in [2.24, 2.45) is 0 Å². The van der Waals surface area contributed by atoms with Crippen molar-refractivity contribution in [2.75, 3.05) is 0 Å². The predicted molar refractivity (Wildman–Crippen MR) is 72.2 cm³/mol. The summed E-state index contributed by atoms with van der Waals surface area (Å²) in [5, 5.41) is 2.86. The number of nitrogens with zero attached hydrogens (tertiary/aromatic N) is 1. The van der Waals surface area contributed by atoms with E-state index in [1.807, 2.05) is 25.1 Å². The number of rotatable bonds is 3. The van der Waals surface area contributed by atoms with Gasteiger partial charge in [-0.05, 0) is 46.6 Å². The largest absolute Gasteiger partial charge is 0.346 e. The van der Waals surface area contributed by atoms with Crippen LogP contribution in [0.2, 0.25) is 0 Å². The van der Waals surface area contributed by atoms with Crippen molar-refractivity contribution in [3.63, 3.8) is 0 Å². The van der Waals surface area contributed by atoms with Gasteiger partial charge in [0.15, 0.2) is 0 Å². The second kappa shape index (κ2) is 5.42. The molecule has 2 aromatic rings. The molecule has 2 heterocycles. The molecule has 0 fully saturated rings. The molecule has 0 atom stereocenters. The van der Waals surface area contributed by atoms with Crippen molar-refractivity contribution >= 4 is 33.2 Å². The van der Waals surface area contributed by atoms with Crippen LogP contribution in [0.4, 0.5) is 0 Å². The lowest BCUT2D eigenvalue weighted by molar-refractivity contribution is 0.0954. The molecule has 0 bridgehead atoms. The number of carbonyl (C=O) groups excluding carboxylic acids is 1. The Kier molecular flexibility index (Phi) is 3.91. The molecule has 17 heavy (non-hydrogen) atoms. The molecule has 5 heteroatoms. The summed E-state index contributed by atoms with van der Waals surface area (Å²) in [7, 11) is 0. The van der Waals surface area contributed by atoms with Crippen LogP contribution in [0.15, 0.2) is 34.2 Å². The van der Waals surface area contributed by atoms with Gasteiger partial charge in [-0.2, -0.15) is 0 Å². The monoisotopic (exact) mass is 310 g/mol. The van der Waals surface area contributed by atoms with Gasteiger partial charge in [0, 0.05) is 6.20 Å². The van der Waals surface area contributed by atoms with E-state index < -0.39 is 0 Å². The highest BCUT2D eigenvalue weighted by Crippen LogP contribution is 2.21. The molecule has 1 N–H and O–H groups in total. The number of amides is 1. The average Bonchev–Trinajstić information content (AvgIpc) is 2.74. The van der Waals surface area contributed by atoms with Crippen molar-refractivity contribution in [3.05, 3.63) is 50.4 Å². The fraction of sp³-hybridized carbons (Fsp3) is 0.167. The van der Waals surface area contributed by atoms with Gasteiger partial charge in [-0.3, -0.25) is 9.78 Å². The molecule has 0 saturated carbocycles. The van der Waals surface area contributed by atoms with Crippen LogP contribution in [0, 0.1) is 6.92 Å². The first-order valence-corrected chi connectivity index (χ1v) is 6.72. The maximum Gasteiger partial charge on any atom is 0.261 e. The molecular formula is C12H11BrN2OS. The van der Waals surface area contributed by atoms with Gasteiger partial charge < -0.3 is 5.32 Å². The summed E-state index contributed by atoms with van der Waals surface area (Å²) in [6.07, 6.45) is 1.73. The van der Waals surface area contributed by atoms with Gasteiger partial charge in [-0.25, -0.2) is 0 Å². The average molecular weight is 311 g/mol. The zero-order valence-corrected chi connectivity index (χ0v) is 11.6. The van der Waals surface area contributed by atoms with Gasteiger partial charge in [-0.15, -0.1) is 11.3 Å². The Morgan fingerprint density at radius 3 is 2.94 bits per heavy atom. The maximum atomic E-state index is 11.8. The number of nitrogens with one attached hydrogen (secondary N) is 1. The van der Waals surface area contributed by atoms with Gasteiger partial charge in [0.1, 0.15) is 0 Å². The topological polar surface area (TPSA) is 42.0 Å². The summed E-state index contributed by atoms with van der Waals surface area (Å²) < 4.78 is 0.955. The Labute approximate surface area is 112 Å². The van der Waals surface area contributed by atoms with Crippen LogP contribution in [-0.2, 0) is 6.54 Å². The fourth-order valence-electron chi connectivity index (χ4n) is 1.39. The molecule has 0 spiro atoms. The molecular weight excluding hydrogens is 300 g/mol. The van der Waals surface area contributed by atoms with Gasteiger partial charge in [0.2, 0.25) is 0 Å². The number of hydrogen-bond donors (Lipinski definition) is 1. The second-order valence-electron chi connectivity index (χ2n) is 3.55. The Morgan fingerprint density at radius 2 is 2.29 bits per heavy atom. The smallest absolute Gasteiger partial charge is 0.261 e. The Bertz CT molecular complexity index is 539. The third-order valence-corrected chi connectivity index (χ3v) is 3.95. The quantitative estimate of drug-likeness (QED) is 0.946. The van der Waals surface area contributed by atoms with E-state index in [-0.39, 0.29) is 5.91 Å². The third kappa shape index (κ3) is 3.14. The van der Waals surface area contributed by atoms with Gasteiger partial charge in [0.25, 0.3) is 5.91 Å². The lowest BCUT2D eigenvalue weighted by atomic mass is 10.2. The fourth-order valence-corrected chi connectivity index (χ4v) is 2.69. The highest BCUT2D eigenvalue weighted by molar-refractivity contribution is 9.11. The van der Waals surface area contributed by atoms with Crippen LogP contribution >= 0.6 is 27.3 Å². The molecule has 88 valence electrons. The summed E-state index contributed by atoms with van der Waals surface area (Å²) in [5.41, 5.74) is 1.98. The Balaban J connectivity index is 1.99. The van der Waals surface area contributed by atoms with Crippen LogP contribution in [0.3, 0.4) is 0 Å². The van der Waals surface area contributed by atoms with Crippen molar-refractivity contribution in [3.8, 4) is 0 Å². The molecule has 0 saturated heterocycles. The number of thiophene rings is 1.